The first-order chi connectivity index (χ1) is 8.29. The molecule has 0 aliphatic carbocycles. The zero-order valence-corrected chi connectivity index (χ0v) is 9.01. The zero-order chi connectivity index (χ0) is 12.1. The number of nitriles is 1. The van der Waals surface area contributed by atoms with Crippen molar-refractivity contribution in [2.24, 2.45) is 0 Å². The van der Waals surface area contributed by atoms with Crippen molar-refractivity contribution in [2.45, 2.75) is 6.42 Å². The van der Waals surface area contributed by atoms with Crippen LogP contribution in [0.25, 0.3) is 11.3 Å². The lowest BCUT2D eigenvalue weighted by Crippen LogP contribution is -2.09. The van der Waals surface area contributed by atoms with Crippen molar-refractivity contribution >= 4 is 11.6 Å². The van der Waals surface area contributed by atoms with E-state index >= 15 is 0 Å². The second-order valence-electron chi connectivity index (χ2n) is 3.44. The molecule has 0 saturated carbocycles. The van der Waals surface area contributed by atoms with Gasteiger partial charge in [-0.3, -0.25) is 4.79 Å². The second kappa shape index (κ2) is 4.99. The summed E-state index contributed by atoms with van der Waals surface area (Å²) in [5, 5.41) is 11.0. The lowest BCUT2D eigenvalue weighted by molar-refractivity contribution is -0.115. The first-order valence-corrected chi connectivity index (χ1v) is 5.10. The summed E-state index contributed by atoms with van der Waals surface area (Å²) in [5.41, 5.74) is 1.53. The van der Waals surface area contributed by atoms with Crippen LogP contribution in [0, 0.1) is 11.3 Å². The van der Waals surface area contributed by atoms with E-state index in [1.165, 1.54) is 0 Å². The minimum absolute atomic E-state index is 0.148. The fraction of sp³-hybridized carbons (Fsp3) is 0.0769. The molecule has 1 aromatic carbocycles. The zero-order valence-electron chi connectivity index (χ0n) is 9.01. The van der Waals surface area contributed by atoms with Crippen LogP contribution in [-0.2, 0) is 4.79 Å². The molecule has 4 heteroatoms. The van der Waals surface area contributed by atoms with Crippen molar-refractivity contribution in [3.63, 3.8) is 0 Å². The predicted molar refractivity (Wildman–Crippen MR) is 63.0 cm³/mol. The van der Waals surface area contributed by atoms with Crippen LogP contribution in [-0.4, -0.2) is 5.91 Å². The van der Waals surface area contributed by atoms with Gasteiger partial charge in [0.15, 0.2) is 0 Å². The molecule has 0 radical (unpaired) electrons. The Morgan fingerprint density at radius 1 is 1.35 bits per heavy atom. The molecule has 0 atom stereocenters. The minimum Gasteiger partial charge on any atom is -0.464 e. The fourth-order valence-corrected chi connectivity index (χ4v) is 1.47. The van der Waals surface area contributed by atoms with Gasteiger partial charge in [0.2, 0.25) is 5.91 Å². The molecule has 1 N–H and O–H groups in total. The lowest BCUT2D eigenvalue weighted by Gasteiger charge is -2.04. The summed E-state index contributed by atoms with van der Waals surface area (Å²) < 4.78 is 5.26. The topological polar surface area (TPSA) is 66.0 Å². The molecule has 0 aliphatic rings. The van der Waals surface area contributed by atoms with Crippen molar-refractivity contribution in [1.82, 2.24) is 0 Å². The van der Waals surface area contributed by atoms with E-state index in [2.05, 4.69) is 5.32 Å². The molecular weight excluding hydrogens is 216 g/mol. The highest BCUT2D eigenvalue weighted by Crippen LogP contribution is 2.22. The summed E-state index contributed by atoms with van der Waals surface area (Å²) in [7, 11) is 0. The Bertz CT molecular complexity index is 553. The van der Waals surface area contributed by atoms with E-state index in [0.29, 0.717) is 5.69 Å². The molecule has 17 heavy (non-hydrogen) atoms. The van der Waals surface area contributed by atoms with Crippen LogP contribution in [0.15, 0.2) is 47.1 Å². The van der Waals surface area contributed by atoms with Gasteiger partial charge in [0, 0.05) is 11.3 Å². The number of hydrogen-bond donors (Lipinski definition) is 1. The highest BCUT2D eigenvalue weighted by atomic mass is 16.3. The Balaban J connectivity index is 2.18. The molecule has 0 fully saturated rings. The third-order valence-electron chi connectivity index (χ3n) is 2.19. The summed E-state index contributed by atoms with van der Waals surface area (Å²) in [6, 6.07) is 12.7. The van der Waals surface area contributed by atoms with Crippen molar-refractivity contribution < 1.29 is 9.21 Å². The Labute approximate surface area is 98.5 Å². The fourth-order valence-electron chi connectivity index (χ4n) is 1.47. The third kappa shape index (κ3) is 2.73. The van der Waals surface area contributed by atoms with E-state index in [4.69, 9.17) is 9.68 Å². The maximum atomic E-state index is 11.3. The highest BCUT2D eigenvalue weighted by molar-refractivity contribution is 5.92. The lowest BCUT2D eigenvalue weighted by atomic mass is 10.1. The third-order valence-corrected chi connectivity index (χ3v) is 2.19. The highest BCUT2D eigenvalue weighted by Gasteiger charge is 2.04. The van der Waals surface area contributed by atoms with Crippen molar-refractivity contribution in [3.8, 4) is 17.4 Å². The summed E-state index contributed by atoms with van der Waals surface area (Å²) in [6.45, 7) is 0. The number of benzene rings is 1. The standard InChI is InChI=1S/C13H10N2O2/c14-7-6-13(16)15-11-4-1-3-10(9-11)12-5-2-8-17-12/h1-5,8-9H,6H2,(H,15,16). The number of amides is 1. The SMILES string of the molecule is N#CCC(=O)Nc1cccc(-c2ccco2)c1. The molecule has 2 aromatic rings. The Kier molecular flexibility index (Phi) is 3.22. The summed E-state index contributed by atoms with van der Waals surface area (Å²) in [4.78, 5) is 11.3. The van der Waals surface area contributed by atoms with Gasteiger partial charge < -0.3 is 9.73 Å². The minimum atomic E-state index is -0.316. The van der Waals surface area contributed by atoms with E-state index in [-0.39, 0.29) is 12.3 Å². The van der Waals surface area contributed by atoms with Crippen LogP contribution >= 0.6 is 0 Å². The number of nitrogens with one attached hydrogen (secondary N) is 1. The molecule has 0 bridgehead atoms. The summed E-state index contributed by atoms with van der Waals surface area (Å²) in [6.07, 6.45) is 1.45. The van der Waals surface area contributed by atoms with Crippen LogP contribution in [0.1, 0.15) is 6.42 Å². The largest absolute Gasteiger partial charge is 0.464 e. The summed E-state index contributed by atoms with van der Waals surface area (Å²) in [5.74, 6) is 0.422. The monoisotopic (exact) mass is 226 g/mol. The van der Waals surface area contributed by atoms with Gasteiger partial charge in [-0.25, -0.2) is 0 Å². The molecule has 0 aliphatic heterocycles. The molecule has 0 saturated heterocycles. The first-order valence-electron chi connectivity index (χ1n) is 5.10. The van der Waals surface area contributed by atoms with E-state index < -0.39 is 0 Å². The Morgan fingerprint density at radius 3 is 2.94 bits per heavy atom. The smallest absolute Gasteiger partial charge is 0.238 e. The number of carbonyl (C=O) groups is 1. The van der Waals surface area contributed by atoms with E-state index in [0.717, 1.165) is 11.3 Å². The van der Waals surface area contributed by atoms with Gasteiger partial charge in [-0.1, -0.05) is 12.1 Å². The van der Waals surface area contributed by atoms with Gasteiger partial charge >= 0.3 is 0 Å². The molecule has 0 spiro atoms. The Morgan fingerprint density at radius 2 is 2.24 bits per heavy atom. The van der Waals surface area contributed by atoms with Crippen LogP contribution < -0.4 is 5.32 Å². The van der Waals surface area contributed by atoms with Gasteiger partial charge in [0.1, 0.15) is 12.2 Å². The first kappa shape index (κ1) is 11.0. The number of rotatable bonds is 3. The molecule has 84 valence electrons. The molecule has 2 rings (SSSR count). The molecule has 4 nitrogen and oxygen atoms in total. The molecular formula is C13H10N2O2. The van der Waals surface area contributed by atoms with Crippen LogP contribution in [0.2, 0.25) is 0 Å². The number of furan rings is 1. The maximum Gasteiger partial charge on any atom is 0.238 e. The van der Waals surface area contributed by atoms with E-state index in [1.54, 1.807) is 30.5 Å². The van der Waals surface area contributed by atoms with Crippen LogP contribution in [0.3, 0.4) is 0 Å². The number of anilines is 1. The molecule has 1 amide bonds. The van der Waals surface area contributed by atoms with E-state index in [1.807, 2.05) is 18.2 Å². The van der Waals surface area contributed by atoms with Crippen LogP contribution in [0.4, 0.5) is 5.69 Å². The van der Waals surface area contributed by atoms with Gasteiger partial charge in [0.05, 0.1) is 12.3 Å². The van der Waals surface area contributed by atoms with Crippen molar-refractivity contribution in [1.29, 1.82) is 5.26 Å². The van der Waals surface area contributed by atoms with Crippen molar-refractivity contribution in [2.75, 3.05) is 5.32 Å². The second-order valence-corrected chi connectivity index (χ2v) is 3.44. The van der Waals surface area contributed by atoms with Gasteiger partial charge in [0.25, 0.3) is 0 Å². The van der Waals surface area contributed by atoms with Crippen molar-refractivity contribution in [3.05, 3.63) is 42.7 Å². The quantitative estimate of drug-likeness (QED) is 0.875. The molecule has 1 heterocycles. The number of nitrogens with zero attached hydrogens (tertiary/aromatic N) is 1. The van der Waals surface area contributed by atoms with Crippen LogP contribution in [0.5, 0.6) is 0 Å². The molecule has 0 unspecified atom stereocenters. The average molecular weight is 226 g/mol. The predicted octanol–water partition coefficient (Wildman–Crippen LogP) is 2.80. The van der Waals surface area contributed by atoms with E-state index in [9.17, 15) is 4.79 Å². The maximum absolute atomic E-state index is 11.3. The Hall–Kier alpha value is -2.54. The average Bonchev–Trinajstić information content (AvgIpc) is 2.83. The summed E-state index contributed by atoms with van der Waals surface area (Å²) >= 11 is 0. The van der Waals surface area contributed by atoms with Gasteiger partial charge in [-0.05, 0) is 24.3 Å². The number of carbonyl (C=O) groups excluding carboxylic acids is 1. The van der Waals surface area contributed by atoms with Gasteiger partial charge in [-0.15, -0.1) is 0 Å². The molecule has 1 aromatic heterocycles. The van der Waals surface area contributed by atoms with Gasteiger partial charge in [-0.2, -0.15) is 5.26 Å². The normalized spacial score (nSPS) is 9.59. The number of hydrogen-bond acceptors (Lipinski definition) is 3.